The lowest BCUT2D eigenvalue weighted by Crippen LogP contribution is -2.50. The maximum atomic E-state index is 12.5. The van der Waals surface area contributed by atoms with Crippen LogP contribution < -0.4 is 16.4 Å². The van der Waals surface area contributed by atoms with Crippen LogP contribution in [0.5, 0.6) is 0 Å². The van der Waals surface area contributed by atoms with Crippen molar-refractivity contribution in [2.45, 2.75) is 31.1 Å². The number of rotatable bonds is 5. The van der Waals surface area contributed by atoms with Gasteiger partial charge in [0.05, 0.1) is 6.04 Å². The predicted molar refractivity (Wildman–Crippen MR) is 100 cm³/mol. The molecule has 1 heterocycles. The highest BCUT2D eigenvalue weighted by atomic mass is 35.5. The number of carbonyl (C=O) groups is 3. The molecule has 5 N–H and O–H groups in total. The second kappa shape index (κ2) is 9.99. The molecule has 0 spiro atoms. The highest BCUT2D eigenvalue weighted by Crippen LogP contribution is 2.34. The molecule has 0 saturated carbocycles. The Bertz CT molecular complexity index is 748. The van der Waals surface area contributed by atoms with Gasteiger partial charge in [0.2, 0.25) is 5.91 Å². The fourth-order valence-corrected chi connectivity index (χ4v) is 3.12. The van der Waals surface area contributed by atoms with Crippen molar-refractivity contribution in [1.29, 1.82) is 0 Å². The molecule has 0 fully saturated rings. The second-order valence-electron chi connectivity index (χ2n) is 5.79. The number of carboxylic acid groups (broad SMARTS) is 1. The minimum absolute atomic E-state index is 0.256. The molecule has 12 heteroatoms. The van der Waals surface area contributed by atoms with Crippen LogP contribution in [0.3, 0.4) is 0 Å². The Labute approximate surface area is 168 Å². The van der Waals surface area contributed by atoms with E-state index in [2.05, 4.69) is 5.73 Å². The van der Waals surface area contributed by atoms with E-state index in [1.54, 1.807) is 30.0 Å². The summed E-state index contributed by atoms with van der Waals surface area (Å²) in [6.45, 7) is 0. The molecule has 7 nitrogen and oxygen atoms in total. The molecule has 0 saturated heterocycles. The summed E-state index contributed by atoms with van der Waals surface area (Å²) in [5.74, 6) is -2.89. The Morgan fingerprint density at radius 2 is 1.96 bits per heavy atom. The third-order valence-corrected chi connectivity index (χ3v) is 4.66. The molecule has 1 aromatic carbocycles. The van der Waals surface area contributed by atoms with Crippen LogP contribution in [0.25, 0.3) is 0 Å². The van der Waals surface area contributed by atoms with E-state index in [0.29, 0.717) is 17.1 Å². The molecule has 156 valence electrons. The zero-order chi connectivity index (χ0) is 21.6. The van der Waals surface area contributed by atoms with Crippen molar-refractivity contribution in [1.82, 2.24) is 0 Å². The zero-order valence-electron chi connectivity index (χ0n) is 14.7. The van der Waals surface area contributed by atoms with E-state index in [1.807, 2.05) is 6.26 Å². The van der Waals surface area contributed by atoms with Crippen molar-refractivity contribution in [3.05, 3.63) is 28.8 Å². The average Bonchev–Trinajstić information content (AvgIpc) is 2.97. The number of fused-ring (bicyclic) bond motifs is 1. The maximum Gasteiger partial charge on any atom is 0.470 e. The third kappa shape index (κ3) is 6.28. The van der Waals surface area contributed by atoms with Crippen LogP contribution in [0.1, 0.15) is 12.0 Å². The van der Waals surface area contributed by atoms with Gasteiger partial charge in [-0.05, 0) is 42.2 Å². The van der Waals surface area contributed by atoms with E-state index >= 15 is 0 Å². The minimum Gasteiger partial charge on any atom is -0.480 e. The number of carboxylic acids is 1. The van der Waals surface area contributed by atoms with Gasteiger partial charge in [0.25, 0.3) is 0 Å². The summed E-state index contributed by atoms with van der Waals surface area (Å²) in [5, 5.41) is 9.89. The van der Waals surface area contributed by atoms with Gasteiger partial charge < -0.3 is 16.6 Å². The Morgan fingerprint density at radius 3 is 2.43 bits per heavy atom. The van der Waals surface area contributed by atoms with E-state index in [9.17, 15) is 27.9 Å². The number of nitrogens with zero attached hydrogens (tertiary/aromatic N) is 1. The first-order valence-electron chi connectivity index (χ1n) is 7.85. The zero-order valence-corrected chi connectivity index (χ0v) is 16.3. The number of carbonyl (C=O) groups excluding carboxylic acids is 2. The van der Waals surface area contributed by atoms with E-state index in [-0.39, 0.29) is 12.3 Å². The number of aliphatic carboxylic acids is 1. The predicted octanol–water partition coefficient (Wildman–Crippen LogP) is 1.80. The van der Waals surface area contributed by atoms with Gasteiger partial charge >= 0.3 is 18.1 Å². The lowest BCUT2D eigenvalue weighted by molar-refractivity contribution is -0.169. The summed E-state index contributed by atoms with van der Waals surface area (Å²) in [7, 11) is 0. The van der Waals surface area contributed by atoms with Crippen LogP contribution in [0, 0.1) is 0 Å². The first-order chi connectivity index (χ1) is 12.9. The summed E-state index contributed by atoms with van der Waals surface area (Å²) in [5.41, 5.74) is 11.1. The second-order valence-corrected chi connectivity index (χ2v) is 7.21. The van der Waals surface area contributed by atoms with Gasteiger partial charge in [0.15, 0.2) is 0 Å². The van der Waals surface area contributed by atoms with E-state index < -0.39 is 30.1 Å². The Kier molecular flexibility index (Phi) is 8.58. The molecule has 0 aromatic heterocycles. The van der Waals surface area contributed by atoms with E-state index in [1.165, 1.54) is 4.90 Å². The molecule has 0 unspecified atom stereocenters. The SMILES string of the molecule is CSCC[C@H](N)C(=O)N1c2ccc(Cl)cc2C[C@@H]1C(=O)O.NC(=O)C(F)(F)F. The number of thioether (sulfide) groups is 1. The molecule has 2 rings (SSSR count). The van der Waals surface area contributed by atoms with Gasteiger partial charge in [-0.2, -0.15) is 24.9 Å². The number of nitrogens with two attached hydrogens (primary N) is 2. The maximum absolute atomic E-state index is 12.5. The molecule has 2 amide bonds. The van der Waals surface area contributed by atoms with Crippen LogP contribution in [-0.4, -0.2) is 53.2 Å². The van der Waals surface area contributed by atoms with Crippen molar-refractivity contribution < 1.29 is 32.7 Å². The lowest BCUT2D eigenvalue weighted by Gasteiger charge is -2.25. The first kappa shape index (κ1) is 24.1. The van der Waals surface area contributed by atoms with Gasteiger partial charge in [-0.3, -0.25) is 14.5 Å². The lowest BCUT2D eigenvalue weighted by atomic mass is 10.1. The number of alkyl halides is 3. The number of hydrogen-bond donors (Lipinski definition) is 3. The van der Waals surface area contributed by atoms with Crippen molar-refractivity contribution in [3.8, 4) is 0 Å². The highest BCUT2D eigenvalue weighted by Gasteiger charge is 2.40. The van der Waals surface area contributed by atoms with E-state index in [4.69, 9.17) is 22.1 Å². The van der Waals surface area contributed by atoms with E-state index in [0.717, 1.165) is 11.3 Å². The average molecular weight is 442 g/mol. The van der Waals surface area contributed by atoms with Crippen molar-refractivity contribution >= 4 is 46.8 Å². The quantitative estimate of drug-likeness (QED) is 0.639. The van der Waals surface area contributed by atoms with Gasteiger partial charge in [-0.1, -0.05) is 11.6 Å². The van der Waals surface area contributed by atoms with Gasteiger partial charge in [-0.25, -0.2) is 4.79 Å². The molecular formula is C16H19ClF3N3O4S. The number of hydrogen-bond acceptors (Lipinski definition) is 5. The Morgan fingerprint density at radius 1 is 1.39 bits per heavy atom. The van der Waals surface area contributed by atoms with Crippen LogP contribution in [0.15, 0.2) is 18.2 Å². The molecule has 28 heavy (non-hydrogen) atoms. The fourth-order valence-electron chi connectivity index (χ4n) is 2.44. The number of benzene rings is 1. The number of anilines is 1. The number of amides is 2. The van der Waals surface area contributed by atoms with Crippen molar-refractivity contribution in [3.63, 3.8) is 0 Å². The van der Waals surface area contributed by atoms with Crippen molar-refractivity contribution in [2.75, 3.05) is 16.9 Å². The number of halogens is 4. The monoisotopic (exact) mass is 441 g/mol. The summed E-state index contributed by atoms with van der Waals surface area (Å²) in [4.78, 5) is 34.4. The molecule has 0 aliphatic carbocycles. The van der Waals surface area contributed by atoms with Gasteiger partial charge in [0, 0.05) is 17.1 Å². The van der Waals surface area contributed by atoms with Crippen LogP contribution in [-0.2, 0) is 20.8 Å². The standard InChI is InChI=1S/C14H17ClN2O3S.C2H2F3NO/c1-21-5-4-10(16)13(18)17-11-3-2-9(15)6-8(11)7-12(17)14(19)20;3-2(4,5)1(6)7/h2-3,6,10,12H,4-5,7,16H2,1H3,(H,19,20);(H2,6,7)/t10-,12+;/m0./s1. The Hall–Kier alpha value is -1.98. The minimum atomic E-state index is -4.86. The highest BCUT2D eigenvalue weighted by molar-refractivity contribution is 7.98. The summed E-state index contributed by atoms with van der Waals surface area (Å²) in [6.07, 6.45) is -2.15. The van der Waals surface area contributed by atoms with Crippen LogP contribution in [0.2, 0.25) is 5.02 Å². The molecule has 1 aliphatic heterocycles. The number of primary amides is 1. The van der Waals surface area contributed by atoms with Crippen LogP contribution >= 0.6 is 23.4 Å². The molecule has 2 atom stereocenters. The van der Waals surface area contributed by atoms with Gasteiger partial charge in [-0.15, -0.1) is 0 Å². The first-order valence-corrected chi connectivity index (χ1v) is 9.62. The third-order valence-electron chi connectivity index (χ3n) is 3.78. The normalized spacial score (nSPS) is 16.6. The molecule has 1 aromatic rings. The summed E-state index contributed by atoms with van der Waals surface area (Å²) < 4.78 is 32.1. The van der Waals surface area contributed by atoms with Crippen molar-refractivity contribution in [2.24, 2.45) is 11.5 Å². The molecule has 1 aliphatic rings. The summed E-state index contributed by atoms with van der Waals surface area (Å²) in [6, 6.07) is 3.43. The van der Waals surface area contributed by atoms with Gasteiger partial charge in [0.1, 0.15) is 6.04 Å². The van der Waals surface area contributed by atoms with Crippen LogP contribution in [0.4, 0.5) is 18.9 Å². The largest absolute Gasteiger partial charge is 0.480 e. The topological polar surface area (TPSA) is 127 Å². The fraction of sp³-hybridized carbons (Fsp3) is 0.438. The smallest absolute Gasteiger partial charge is 0.470 e. The Balaban J connectivity index is 0.000000480. The molecule has 0 radical (unpaired) electrons. The molecule has 0 bridgehead atoms. The summed E-state index contributed by atoms with van der Waals surface area (Å²) >= 11 is 7.53. The molecular weight excluding hydrogens is 423 g/mol.